The molecule has 0 aromatic heterocycles. The molecule has 4 N–H and O–H groups in total. The Labute approximate surface area is 246 Å². The van der Waals surface area contributed by atoms with Crippen LogP contribution >= 0.6 is 0 Å². The minimum atomic E-state index is -6.18. The van der Waals surface area contributed by atoms with E-state index in [1.165, 1.54) is 12.1 Å². The number of benzene rings is 3. The molecule has 1 aliphatic rings. The predicted molar refractivity (Wildman–Crippen MR) is 142 cm³/mol. The monoisotopic (exact) mass is 647 g/mol. The molecule has 1 heterocycles. The van der Waals surface area contributed by atoms with E-state index in [1.54, 1.807) is 18.2 Å². The van der Waals surface area contributed by atoms with Crippen molar-refractivity contribution in [3.63, 3.8) is 0 Å². The molecule has 1 aliphatic heterocycles. The quantitative estimate of drug-likeness (QED) is 0.313. The van der Waals surface area contributed by atoms with Gasteiger partial charge in [-0.3, -0.25) is 13.9 Å². The third-order valence-corrected chi connectivity index (χ3v) is 9.03. The highest BCUT2D eigenvalue weighted by Crippen LogP contribution is 2.51. The van der Waals surface area contributed by atoms with Gasteiger partial charge in [-0.05, 0) is 54.3 Å². The minimum absolute atomic E-state index is 0.270. The number of sulfonamides is 1. The summed E-state index contributed by atoms with van der Waals surface area (Å²) in [5.41, 5.74) is -1.73. The lowest BCUT2D eigenvalue weighted by atomic mass is 9.87. The molecule has 0 radical (unpaired) electrons. The van der Waals surface area contributed by atoms with Crippen LogP contribution in [0.1, 0.15) is 35.6 Å². The number of hydrogen-bond donors (Lipinski definition) is 3. The highest BCUT2D eigenvalue weighted by atomic mass is 32.2. The van der Waals surface area contributed by atoms with Crippen LogP contribution in [-0.4, -0.2) is 43.7 Å². The smallest absolute Gasteiger partial charge is 0.369 e. The second-order valence-electron chi connectivity index (χ2n) is 10.0. The van der Waals surface area contributed by atoms with Crippen LogP contribution in [-0.2, 0) is 31.6 Å². The molecule has 2 atom stereocenters. The standard InChI is InChI=1S/C28H24F7N3O5S/c29-19-8-11-21(12-9-19)44(42,43)38-20(15-23(39)37-24(25(36)40)16-4-2-1-3-5-16)10-6-17-14-18(7-13-22(17)38)26(41,27(30,31)32)28(33,34)35/h1-5,7-9,11-14,20,24,41H,6,10,15H2,(H2,36,40)(H,37,39)/t20-,24-/m0/s1. The van der Waals surface area contributed by atoms with Crippen molar-refractivity contribution in [1.29, 1.82) is 0 Å². The molecule has 3 aromatic rings. The zero-order valence-corrected chi connectivity index (χ0v) is 23.2. The first kappa shape index (κ1) is 32.7. The first-order valence-electron chi connectivity index (χ1n) is 12.8. The molecule has 8 nitrogen and oxygen atoms in total. The summed E-state index contributed by atoms with van der Waals surface area (Å²) in [5, 5.41) is 12.3. The third kappa shape index (κ3) is 6.08. The van der Waals surface area contributed by atoms with Crippen LogP contribution in [0.2, 0.25) is 0 Å². The number of nitrogens with two attached hydrogens (primary N) is 1. The van der Waals surface area contributed by atoms with E-state index in [0.717, 1.165) is 24.3 Å². The Balaban J connectivity index is 1.77. The largest absolute Gasteiger partial charge is 0.430 e. The second-order valence-corrected chi connectivity index (χ2v) is 11.8. The summed E-state index contributed by atoms with van der Waals surface area (Å²) < 4.78 is 123. The number of nitrogens with zero attached hydrogens (tertiary/aromatic N) is 1. The summed E-state index contributed by atoms with van der Waals surface area (Å²) >= 11 is 0. The van der Waals surface area contributed by atoms with Crippen molar-refractivity contribution in [2.45, 2.75) is 54.2 Å². The maximum Gasteiger partial charge on any atom is 0.430 e. The Hall–Kier alpha value is -4.18. The number of carbonyl (C=O) groups excluding carboxylic acids is 2. The highest BCUT2D eigenvalue weighted by molar-refractivity contribution is 7.92. The van der Waals surface area contributed by atoms with E-state index in [4.69, 9.17) is 5.73 Å². The molecule has 0 saturated heterocycles. The average Bonchev–Trinajstić information content (AvgIpc) is 2.94. The first-order valence-corrected chi connectivity index (χ1v) is 14.2. The van der Waals surface area contributed by atoms with E-state index in [2.05, 4.69) is 5.32 Å². The lowest BCUT2D eigenvalue weighted by molar-refractivity contribution is -0.376. The molecular formula is C28H24F7N3O5S. The molecule has 0 bridgehead atoms. The van der Waals surface area contributed by atoms with Gasteiger partial charge in [0.15, 0.2) is 0 Å². The molecule has 2 amide bonds. The first-order chi connectivity index (χ1) is 20.4. The number of hydrogen-bond acceptors (Lipinski definition) is 5. The lowest BCUT2D eigenvalue weighted by Gasteiger charge is -2.39. The van der Waals surface area contributed by atoms with Crippen LogP contribution in [0.3, 0.4) is 0 Å². The van der Waals surface area contributed by atoms with Gasteiger partial charge in [0.25, 0.3) is 15.6 Å². The Bertz CT molecular complexity index is 1630. The normalized spacial score (nSPS) is 16.6. The van der Waals surface area contributed by atoms with Gasteiger partial charge in [0.1, 0.15) is 11.9 Å². The number of primary amides is 1. The number of nitrogens with one attached hydrogen (secondary N) is 1. The van der Waals surface area contributed by atoms with Crippen LogP contribution in [0.5, 0.6) is 0 Å². The molecule has 0 fully saturated rings. The fraction of sp³-hybridized carbons (Fsp3) is 0.286. The Kier molecular flexibility index (Phi) is 8.72. The SMILES string of the molecule is NC(=O)[C@@H](NC(=O)C[C@@H]1CCc2cc(C(O)(C(F)(F)F)C(F)(F)F)ccc2N1S(=O)(=O)c1ccc(F)cc1)c1ccccc1. The molecular weight excluding hydrogens is 623 g/mol. The highest BCUT2D eigenvalue weighted by Gasteiger charge is 2.71. The van der Waals surface area contributed by atoms with Crippen LogP contribution in [0.15, 0.2) is 77.7 Å². The van der Waals surface area contributed by atoms with Gasteiger partial charge in [-0.2, -0.15) is 26.3 Å². The molecule has 0 spiro atoms. The topological polar surface area (TPSA) is 130 Å². The van der Waals surface area contributed by atoms with Crippen LogP contribution in [0, 0.1) is 5.82 Å². The van der Waals surface area contributed by atoms with E-state index >= 15 is 0 Å². The van der Waals surface area contributed by atoms with Gasteiger partial charge >= 0.3 is 12.4 Å². The summed E-state index contributed by atoms with van der Waals surface area (Å²) in [4.78, 5) is 24.7. The number of amides is 2. The molecule has 236 valence electrons. The maximum absolute atomic E-state index is 13.8. The summed E-state index contributed by atoms with van der Waals surface area (Å²) in [6, 6.07) is 10.1. The Morgan fingerprint density at radius 3 is 2.09 bits per heavy atom. The van der Waals surface area contributed by atoms with E-state index in [1.807, 2.05) is 0 Å². The Morgan fingerprint density at radius 2 is 1.55 bits per heavy atom. The molecule has 0 aliphatic carbocycles. The number of fused-ring (bicyclic) bond motifs is 1. The van der Waals surface area contributed by atoms with Gasteiger partial charge in [-0.1, -0.05) is 42.5 Å². The summed E-state index contributed by atoms with van der Waals surface area (Å²) in [6.07, 6.45) is -13.5. The van der Waals surface area contributed by atoms with Crippen LogP contribution < -0.4 is 15.4 Å². The van der Waals surface area contributed by atoms with Gasteiger partial charge in [0.05, 0.1) is 16.6 Å². The van der Waals surface area contributed by atoms with Gasteiger partial charge in [-0.15, -0.1) is 0 Å². The number of anilines is 1. The second kappa shape index (κ2) is 11.7. The molecule has 3 aromatic carbocycles. The lowest BCUT2D eigenvalue weighted by Crippen LogP contribution is -2.54. The summed E-state index contributed by atoms with van der Waals surface area (Å²) in [7, 11) is -4.70. The van der Waals surface area contributed by atoms with E-state index in [-0.39, 0.29) is 24.1 Å². The number of aliphatic hydroxyl groups is 1. The van der Waals surface area contributed by atoms with E-state index in [9.17, 15) is 53.8 Å². The van der Waals surface area contributed by atoms with Crippen molar-refractivity contribution >= 4 is 27.5 Å². The third-order valence-electron chi connectivity index (χ3n) is 7.15. The fourth-order valence-corrected chi connectivity index (χ4v) is 6.70. The summed E-state index contributed by atoms with van der Waals surface area (Å²) in [6.45, 7) is 0. The maximum atomic E-state index is 13.8. The number of halogens is 7. The van der Waals surface area contributed by atoms with Crippen LogP contribution in [0.25, 0.3) is 0 Å². The Morgan fingerprint density at radius 1 is 0.955 bits per heavy atom. The number of carbonyl (C=O) groups is 2. The van der Waals surface area contributed by atoms with Crippen molar-refractivity contribution < 1.29 is 53.8 Å². The number of alkyl halides is 6. The van der Waals surface area contributed by atoms with Crippen molar-refractivity contribution in [2.24, 2.45) is 5.73 Å². The predicted octanol–water partition coefficient (Wildman–Crippen LogP) is 4.38. The zero-order valence-electron chi connectivity index (χ0n) is 22.4. The molecule has 16 heteroatoms. The van der Waals surface area contributed by atoms with Gasteiger partial charge in [0.2, 0.25) is 11.8 Å². The summed E-state index contributed by atoms with van der Waals surface area (Å²) in [5.74, 6) is -2.56. The number of aryl methyl sites for hydroxylation is 1. The van der Waals surface area contributed by atoms with Gasteiger partial charge < -0.3 is 16.2 Å². The van der Waals surface area contributed by atoms with Crippen molar-refractivity contribution in [3.05, 3.63) is 95.3 Å². The zero-order chi connectivity index (χ0) is 32.7. The van der Waals surface area contributed by atoms with Gasteiger partial charge in [-0.25, -0.2) is 12.8 Å². The van der Waals surface area contributed by atoms with E-state index in [0.29, 0.717) is 28.1 Å². The molecule has 0 saturated carbocycles. The van der Waals surface area contributed by atoms with Crippen molar-refractivity contribution in [3.8, 4) is 0 Å². The fourth-order valence-electron chi connectivity index (χ4n) is 4.98. The molecule has 4 rings (SSSR count). The molecule has 44 heavy (non-hydrogen) atoms. The van der Waals surface area contributed by atoms with Crippen molar-refractivity contribution in [2.75, 3.05) is 4.31 Å². The van der Waals surface area contributed by atoms with Gasteiger partial charge in [0, 0.05) is 12.0 Å². The minimum Gasteiger partial charge on any atom is -0.369 e. The average molecular weight is 648 g/mol. The van der Waals surface area contributed by atoms with Crippen molar-refractivity contribution in [1.82, 2.24) is 5.32 Å². The number of rotatable bonds is 8. The van der Waals surface area contributed by atoms with E-state index < -0.39 is 74.6 Å². The molecule has 0 unspecified atom stereocenters. The van der Waals surface area contributed by atoms with Crippen LogP contribution in [0.4, 0.5) is 36.4 Å².